The van der Waals surface area contributed by atoms with E-state index in [4.69, 9.17) is 0 Å². The van der Waals surface area contributed by atoms with Crippen LogP contribution in [0.4, 0.5) is 0 Å². The third-order valence-corrected chi connectivity index (χ3v) is 5.40. The van der Waals surface area contributed by atoms with E-state index >= 15 is 0 Å². The van der Waals surface area contributed by atoms with Crippen molar-refractivity contribution in [3.8, 4) is 0 Å². The van der Waals surface area contributed by atoms with Crippen LogP contribution in [0.15, 0.2) is 48.8 Å². The number of benzene rings is 2. The van der Waals surface area contributed by atoms with E-state index in [2.05, 4.69) is 20.8 Å². The number of likely N-dealkylation sites (tertiary alicyclic amines) is 1. The van der Waals surface area contributed by atoms with Gasteiger partial charge in [0.2, 0.25) is 5.91 Å². The second kappa shape index (κ2) is 8.81. The summed E-state index contributed by atoms with van der Waals surface area (Å²) in [6.07, 6.45) is 3.84. The quantitative estimate of drug-likeness (QED) is 0.691. The largest absolute Gasteiger partial charge is 0.352 e. The Morgan fingerprint density at radius 2 is 2.00 bits per heavy atom. The Labute approximate surface area is 168 Å². The Bertz CT molecular complexity index is 983. The molecule has 1 aliphatic rings. The molecular weight excluding hydrogens is 368 g/mol. The van der Waals surface area contributed by atoms with Gasteiger partial charge in [-0.1, -0.05) is 36.4 Å². The van der Waals surface area contributed by atoms with Gasteiger partial charge in [0.15, 0.2) is 0 Å². The number of aryl methyl sites for hydroxylation is 1. The third kappa shape index (κ3) is 4.59. The van der Waals surface area contributed by atoms with Crippen LogP contribution in [0.1, 0.15) is 29.6 Å². The van der Waals surface area contributed by atoms with E-state index in [0.29, 0.717) is 31.6 Å². The molecule has 2 heterocycles. The molecule has 29 heavy (non-hydrogen) atoms. The molecule has 1 N–H and O–H groups in total. The summed E-state index contributed by atoms with van der Waals surface area (Å²) in [5.74, 6) is 0.300. The average Bonchev–Trinajstić information content (AvgIpc) is 3.29. The highest BCUT2D eigenvalue weighted by atomic mass is 16.2. The Hall–Kier alpha value is -3.29. The van der Waals surface area contributed by atoms with Crippen molar-refractivity contribution in [3.05, 3.63) is 54.4 Å². The Morgan fingerprint density at radius 1 is 1.14 bits per heavy atom. The number of tetrazole rings is 1. The minimum absolute atomic E-state index is 0.0658. The van der Waals surface area contributed by atoms with Gasteiger partial charge in [0.05, 0.1) is 6.54 Å². The van der Waals surface area contributed by atoms with Crippen molar-refractivity contribution in [3.63, 3.8) is 0 Å². The molecule has 1 unspecified atom stereocenters. The lowest BCUT2D eigenvalue weighted by Gasteiger charge is -2.33. The molecule has 8 heteroatoms. The fourth-order valence-electron chi connectivity index (χ4n) is 3.86. The van der Waals surface area contributed by atoms with Crippen molar-refractivity contribution in [2.24, 2.45) is 5.92 Å². The van der Waals surface area contributed by atoms with Crippen LogP contribution in [0.3, 0.4) is 0 Å². The van der Waals surface area contributed by atoms with Crippen molar-refractivity contribution in [2.45, 2.75) is 25.8 Å². The summed E-state index contributed by atoms with van der Waals surface area (Å²) in [5.41, 5.74) is 0.688. The number of hydrogen-bond acceptors (Lipinski definition) is 5. The molecule has 0 bridgehead atoms. The van der Waals surface area contributed by atoms with Gasteiger partial charge in [0.25, 0.3) is 5.91 Å². The molecule has 2 aromatic carbocycles. The summed E-state index contributed by atoms with van der Waals surface area (Å²) < 4.78 is 1.56. The van der Waals surface area contributed by atoms with Gasteiger partial charge in [0, 0.05) is 31.6 Å². The maximum atomic E-state index is 12.7. The standard InChI is InChI=1S/C21H24N6O2/c28-20(10-12-27-15-23-24-25-27)26-11-4-5-16(14-26)13-22-21(29)19-9-3-7-17-6-1-2-8-18(17)19/h1-3,6-9,15-16H,4-5,10-14H2,(H,22,29). The fourth-order valence-corrected chi connectivity index (χ4v) is 3.86. The molecular formula is C21H24N6O2. The molecule has 1 saturated heterocycles. The van der Waals surface area contributed by atoms with E-state index in [1.54, 1.807) is 4.68 Å². The van der Waals surface area contributed by atoms with Crippen LogP contribution >= 0.6 is 0 Å². The highest BCUT2D eigenvalue weighted by molar-refractivity contribution is 6.07. The number of amides is 2. The van der Waals surface area contributed by atoms with E-state index in [1.807, 2.05) is 47.4 Å². The number of rotatable bonds is 6. The molecule has 1 atom stereocenters. The Balaban J connectivity index is 1.31. The van der Waals surface area contributed by atoms with E-state index in [1.165, 1.54) is 6.33 Å². The van der Waals surface area contributed by atoms with Gasteiger partial charge >= 0.3 is 0 Å². The molecule has 1 aromatic heterocycles. The topological polar surface area (TPSA) is 93.0 Å². The summed E-state index contributed by atoms with van der Waals surface area (Å²) in [6, 6.07) is 13.7. The van der Waals surface area contributed by atoms with Gasteiger partial charge in [-0.05, 0) is 46.0 Å². The van der Waals surface area contributed by atoms with Gasteiger partial charge < -0.3 is 10.2 Å². The van der Waals surface area contributed by atoms with E-state index in [0.717, 1.165) is 30.2 Å². The molecule has 3 aromatic rings. The number of hydrogen-bond donors (Lipinski definition) is 1. The van der Waals surface area contributed by atoms with Crippen LogP contribution in [0, 0.1) is 5.92 Å². The van der Waals surface area contributed by atoms with Crippen LogP contribution in [0.2, 0.25) is 0 Å². The highest BCUT2D eigenvalue weighted by Crippen LogP contribution is 2.20. The number of nitrogens with zero attached hydrogens (tertiary/aromatic N) is 5. The van der Waals surface area contributed by atoms with Crippen molar-refractivity contribution >= 4 is 22.6 Å². The number of aromatic nitrogens is 4. The summed E-state index contributed by atoms with van der Waals surface area (Å²) in [7, 11) is 0. The zero-order valence-electron chi connectivity index (χ0n) is 16.2. The summed E-state index contributed by atoms with van der Waals surface area (Å²) in [4.78, 5) is 27.1. The van der Waals surface area contributed by atoms with Crippen LogP contribution in [-0.4, -0.2) is 56.6 Å². The maximum Gasteiger partial charge on any atom is 0.251 e. The Kier molecular flexibility index (Phi) is 5.79. The summed E-state index contributed by atoms with van der Waals surface area (Å²) >= 11 is 0. The Morgan fingerprint density at radius 3 is 2.86 bits per heavy atom. The van der Waals surface area contributed by atoms with Gasteiger partial charge in [-0.3, -0.25) is 9.59 Å². The fraction of sp³-hybridized carbons (Fsp3) is 0.381. The molecule has 150 valence electrons. The van der Waals surface area contributed by atoms with Gasteiger partial charge in [-0.25, -0.2) is 4.68 Å². The summed E-state index contributed by atoms with van der Waals surface area (Å²) in [5, 5.41) is 16.0. The second-order valence-electron chi connectivity index (χ2n) is 7.41. The number of carbonyl (C=O) groups is 2. The number of fused-ring (bicyclic) bond motifs is 1. The molecule has 2 amide bonds. The van der Waals surface area contributed by atoms with Gasteiger partial charge in [-0.15, -0.1) is 5.10 Å². The predicted molar refractivity (Wildman–Crippen MR) is 108 cm³/mol. The van der Waals surface area contributed by atoms with Crippen LogP contribution in [0.25, 0.3) is 10.8 Å². The van der Waals surface area contributed by atoms with Crippen LogP contribution in [0.5, 0.6) is 0 Å². The average molecular weight is 392 g/mol. The number of carbonyl (C=O) groups excluding carboxylic acids is 2. The molecule has 1 aliphatic heterocycles. The number of nitrogens with one attached hydrogen (secondary N) is 1. The summed E-state index contributed by atoms with van der Waals surface area (Å²) in [6.45, 7) is 2.48. The van der Waals surface area contributed by atoms with Crippen molar-refractivity contribution < 1.29 is 9.59 Å². The van der Waals surface area contributed by atoms with Crippen molar-refractivity contribution in [1.29, 1.82) is 0 Å². The molecule has 0 spiro atoms. The van der Waals surface area contributed by atoms with E-state index in [-0.39, 0.29) is 17.7 Å². The normalized spacial score (nSPS) is 16.7. The first-order chi connectivity index (χ1) is 14.2. The lowest BCUT2D eigenvalue weighted by atomic mass is 9.97. The first kappa shape index (κ1) is 19.0. The molecule has 0 saturated carbocycles. The van der Waals surface area contributed by atoms with Gasteiger partial charge in [0.1, 0.15) is 6.33 Å². The molecule has 1 fully saturated rings. The SMILES string of the molecule is O=C(NCC1CCCN(C(=O)CCn2cnnn2)C1)c1cccc2ccccc12. The monoisotopic (exact) mass is 392 g/mol. The maximum absolute atomic E-state index is 12.7. The zero-order valence-corrected chi connectivity index (χ0v) is 16.2. The first-order valence-corrected chi connectivity index (χ1v) is 9.95. The minimum Gasteiger partial charge on any atom is -0.352 e. The molecule has 4 rings (SSSR count). The minimum atomic E-state index is -0.0658. The second-order valence-corrected chi connectivity index (χ2v) is 7.41. The molecule has 0 aliphatic carbocycles. The smallest absolute Gasteiger partial charge is 0.251 e. The van der Waals surface area contributed by atoms with Gasteiger partial charge in [-0.2, -0.15) is 0 Å². The third-order valence-electron chi connectivity index (χ3n) is 5.40. The van der Waals surface area contributed by atoms with E-state index < -0.39 is 0 Å². The van der Waals surface area contributed by atoms with Crippen molar-refractivity contribution in [1.82, 2.24) is 30.4 Å². The van der Waals surface area contributed by atoms with Crippen LogP contribution in [-0.2, 0) is 11.3 Å². The van der Waals surface area contributed by atoms with Crippen molar-refractivity contribution in [2.75, 3.05) is 19.6 Å². The number of piperidine rings is 1. The lowest BCUT2D eigenvalue weighted by Crippen LogP contribution is -2.44. The highest BCUT2D eigenvalue weighted by Gasteiger charge is 2.24. The first-order valence-electron chi connectivity index (χ1n) is 9.95. The van der Waals surface area contributed by atoms with E-state index in [9.17, 15) is 9.59 Å². The van der Waals surface area contributed by atoms with Crippen LogP contribution < -0.4 is 5.32 Å². The lowest BCUT2D eigenvalue weighted by molar-refractivity contribution is -0.133. The molecule has 8 nitrogen and oxygen atoms in total. The predicted octanol–water partition coefficient (Wildman–Crippen LogP) is 1.89. The zero-order chi connectivity index (χ0) is 20.1. The molecule has 0 radical (unpaired) electrons.